The Balaban J connectivity index is 1.75. The highest BCUT2D eigenvalue weighted by molar-refractivity contribution is 5.20. The Morgan fingerprint density at radius 2 is 2.05 bits per heavy atom. The Morgan fingerprint density at radius 3 is 2.79 bits per heavy atom. The molecule has 0 spiro atoms. The van der Waals surface area contributed by atoms with E-state index < -0.39 is 0 Å². The molecule has 0 aliphatic carbocycles. The van der Waals surface area contributed by atoms with E-state index in [9.17, 15) is 0 Å². The van der Waals surface area contributed by atoms with Crippen molar-refractivity contribution in [1.82, 2.24) is 24.4 Å². The quantitative estimate of drug-likeness (QED) is 0.815. The molecule has 0 N–H and O–H groups in total. The lowest BCUT2D eigenvalue weighted by atomic mass is 10.1. The number of hydrogen-bond donors (Lipinski definition) is 0. The molecule has 2 aromatic heterocycles. The first kappa shape index (κ1) is 12.3. The summed E-state index contributed by atoms with van der Waals surface area (Å²) in [4.78, 5) is 15.6. The zero-order chi connectivity index (χ0) is 13.4. The van der Waals surface area contributed by atoms with Gasteiger partial charge in [-0.1, -0.05) is 0 Å². The topological polar surface area (TPSA) is 46.8 Å². The van der Waals surface area contributed by atoms with E-state index in [-0.39, 0.29) is 0 Å². The van der Waals surface area contributed by atoms with Gasteiger partial charge in [-0.3, -0.25) is 4.90 Å². The number of aromatic nitrogens is 4. The molecule has 0 saturated carbocycles. The van der Waals surface area contributed by atoms with Gasteiger partial charge in [-0.15, -0.1) is 0 Å². The van der Waals surface area contributed by atoms with Crippen molar-refractivity contribution in [2.45, 2.75) is 33.4 Å². The summed E-state index contributed by atoms with van der Waals surface area (Å²) in [5.41, 5.74) is 3.73. The maximum Gasteiger partial charge on any atom is 0.125 e. The van der Waals surface area contributed by atoms with Crippen LogP contribution in [0.3, 0.4) is 0 Å². The van der Waals surface area contributed by atoms with Crippen LogP contribution < -0.4 is 0 Å². The fraction of sp³-hybridized carbons (Fsp3) is 0.500. The number of hydrogen-bond acceptors (Lipinski definition) is 4. The molecule has 100 valence electrons. The van der Waals surface area contributed by atoms with Gasteiger partial charge in [0.1, 0.15) is 11.6 Å². The molecular formula is C14H19N5. The highest BCUT2D eigenvalue weighted by Gasteiger charge is 2.19. The molecule has 5 nitrogen and oxygen atoms in total. The predicted molar refractivity (Wildman–Crippen MR) is 72.5 cm³/mol. The molecule has 0 aromatic carbocycles. The Kier molecular flexibility index (Phi) is 3.06. The standard InChI is InChI=1S/C14H19N5/c1-10-15-6-12-8-19(5-4-14(12)17-10)9-13-7-16-11(2)18(13)3/h6-7H,4-5,8-9H2,1-3H3. The van der Waals surface area contributed by atoms with Gasteiger partial charge in [0, 0.05) is 56.8 Å². The summed E-state index contributed by atoms with van der Waals surface area (Å²) in [5, 5.41) is 0. The number of fused-ring (bicyclic) bond motifs is 1. The summed E-state index contributed by atoms with van der Waals surface area (Å²) >= 11 is 0. The maximum atomic E-state index is 4.52. The third kappa shape index (κ3) is 2.38. The van der Waals surface area contributed by atoms with Crippen molar-refractivity contribution >= 4 is 0 Å². The van der Waals surface area contributed by atoms with Crippen LogP contribution in [-0.4, -0.2) is 31.0 Å². The van der Waals surface area contributed by atoms with Crippen LogP contribution in [-0.2, 0) is 26.6 Å². The van der Waals surface area contributed by atoms with Gasteiger partial charge in [0.05, 0.1) is 5.69 Å². The minimum Gasteiger partial charge on any atom is -0.334 e. The Hall–Kier alpha value is -1.75. The normalized spacial score (nSPS) is 15.5. The van der Waals surface area contributed by atoms with Gasteiger partial charge < -0.3 is 4.57 Å². The summed E-state index contributed by atoms with van der Waals surface area (Å²) < 4.78 is 2.15. The fourth-order valence-electron chi connectivity index (χ4n) is 2.53. The second-order valence-corrected chi connectivity index (χ2v) is 5.21. The molecule has 0 saturated heterocycles. The van der Waals surface area contributed by atoms with E-state index in [1.807, 2.05) is 26.2 Å². The lowest BCUT2D eigenvalue weighted by Gasteiger charge is -2.27. The molecular weight excluding hydrogens is 238 g/mol. The summed E-state index contributed by atoms with van der Waals surface area (Å²) in [5.74, 6) is 1.93. The Bertz CT molecular complexity index is 602. The zero-order valence-corrected chi connectivity index (χ0v) is 11.7. The van der Waals surface area contributed by atoms with Crippen molar-refractivity contribution in [1.29, 1.82) is 0 Å². The van der Waals surface area contributed by atoms with E-state index in [0.717, 1.165) is 37.7 Å². The average Bonchev–Trinajstić information content (AvgIpc) is 2.71. The zero-order valence-electron chi connectivity index (χ0n) is 11.7. The lowest BCUT2D eigenvalue weighted by Crippen LogP contribution is -2.31. The molecule has 2 aromatic rings. The van der Waals surface area contributed by atoms with E-state index >= 15 is 0 Å². The summed E-state index contributed by atoms with van der Waals surface area (Å²) in [6, 6.07) is 0. The minimum absolute atomic E-state index is 0.870. The van der Waals surface area contributed by atoms with Crippen LogP contribution in [0.4, 0.5) is 0 Å². The molecule has 1 aliphatic rings. The van der Waals surface area contributed by atoms with Crippen LogP contribution in [0.1, 0.15) is 28.6 Å². The number of aryl methyl sites for hydroxylation is 2. The molecule has 0 amide bonds. The molecule has 3 heterocycles. The van der Waals surface area contributed by atoms with Gasteiger partial charge in [0.2, 0.25) is 0 Å². The van der Waals surface area contributed by atoms with Crippen molar-refractivity contribution in [3.05, 3.63) is 41.0 Å². The number of rotatable bonds is 2. The van der Waals surface area contributed by atoms with Gasteiger partial charge in [-0.25, -0.2) is 15.0 Å². The second-order valence-electron chi connectivity index (χ2n) is 5.21. The fourth-order valence-corrected chi connectivity index (χ4v) is 2.53. The van der Waals surface area contributed by atoms with E-state index in [4.69, 9.17) is 0 Å². The molecule has 0 radical (unpaired) electrons. The number of imidazole rings is 1. The molecule has 1 aliphatic heterocycles. The Morgan fingerprint density at radius 1 is 1.21 bits per heavy atom. The Labute approximate surface area is 113 Å². The molecule has 19 heavy (non-hydrogen) atoms. The van der Waals surface area contributed by atoms with Gasteiger partial charge >= 0.3 is 0 Å². The van der Waals surface area contributed by atoms with E-state index in [0.29, 0.717) is 0 Å². The van der Waals surface area contributed by atoms with Gasteiger partial charge in [-0.05, 0) is 13.8 Å². The third-order valence-corrected chi connectivity index (χ3v) is 3.84. The molecule has 5 heteroatoms. The van der Waals surface area contributed by atoms with Crippen LogP contribution in [0.15, 0.2) is 12.4 Å². The first-order chi connectivity index (χ1) is 9.13. The average molecular weight is 257 g/mol. The van der Waals surface area contributed by atoms with Crippen molar-refractivity contribution in [3.8, 4) is 0 Å². The highest BCUT2D eigenvalue weighted by Crippen LogP contribution is 2.18. The smallest absolute Gasteiger partial charge is 0.125 e. The monoisotopic (exact) mass is 257 g/mol. The van der Waals surface area contributed by atoms with Crippen LogP contribution in [0.5, 0.6) is 0 Å². The van der Waals surface area contributed by atoms with Crippen molar-refractivity contribution in [2.75, 3.05) is 6.54 Å². The van der Waals surface area contributed by atoms with Crippen molar-refractivity contribution in [3.63, 3.8) is 0 Å². The molecule has 0 atom stereocenters. The largest absolute Gasteiger partial charge is 0.334 e. The van der Waals surface area contributed by atoms with Crippen LogP contribution >= 0.6 is 0 Å². The third-order valence-electron chi connectivity index (χ3n) is 3.84. The van der Waals surface area contributed by atoms with Crippen molar-refractivity contribution in [2.24, 2.45) is 7.05 Å². The molecule has 0 bridgehead atoms. The van der Waals surface area contributed by atoms with Gasteiger partial charge in [0.25, 0.3) is 0 Å². The molecule has 0 fully saturated rings. The van der Waals surface area contributed by atoms with Gasteiger partial charge in [0.15, 0.2) is 0 Å². The van der Waals surface area contributed by atoms with Crippen LogP contribution in [0.2, 0.25) is 0 Å². The summed E-state index contributed by atoms with van der Waals surface area (Å²) in [7, 11) is 2.07. The predicted octanol–water partition coefficient (Wildman–Crippen LogP) is 1.39. The molecule has 0 unspecified atom stereocenters. The number of nitrogens with zero attached hydrogens (tertiary/aromatic N) is 5. The van der Waals surface area contributed by atoms with E-state index in [2.05, 4.69) is 31.5 Å². The highest BCUT2D eigenvalue weighted by atomic mass is 15.2. The van der Waals surface area contributed by atoms with Crippen LogP contribution in [0.25, 0.3) is 0 Å². The summed E-state index contributed by atoms with van der Waals surface area (Å²) in [6.07, 6.45) is 4.95. The maximum absolute atomic E-state index is 4.52. The summed E-state index contributed by atoms with van der Waals surface area (Å²) in [6.45, 7) is 6.90. The van der Waals surface area contributed by atoms with Crippen molar-refractivity contribution < 1.29 is 0 Å². The molecule has 3 rings (SSSR count). The van der Waals surface area contributed by atoms with E-state index in [1.54, 1.807) is 0 Å². The minimum atomic E-state index is 0.870. The second kappa shape index (κ2) is 4.74. The van der Waals surface area contributed by atoms with Gasteiger partial charge in [-0.2, -0.15) is 0 Å². The van der Waals surface area contributed by atoms with E-state index in [1.165, 1.54) is 17.0 Å². The first-order valence-corrected chi connectivity index (χ1v) is 6.64. The SMILES string of the molecule is Cc1ncc2c(n1)CCN(Cc1cnc(C)n1C)C2. The lowest BCUT2D eigenvalue weighted by molar-refractivity contribution is 0.237. The van der Waals surface area contributed by atoms with Crippen LogP contribution in [0, 0.1) is 13.8 Å². The first-order valence-electron chi connectivity index (χ1n) is 6.64.